The third-order valence-electron chi connectivity index (χ3n) is 4.97. The lowest BCUT2D eigenvalue weighted by Gasteiger charge is -2.30. The molecule has 0 bridgehead atoms. The predicted octanol–water partition coefficient (Wildman–Crippen LogP) is 2.25. The molecule has 1 saturated heterocycles. The van der Waals surface area contributed by atoms with E-state index in [1.165, 1.54) is 19.3 Å². The lowest BCUT2D eigenvalue weighted by molar-refractivity contribution is 0.0385. The first-order valence-electron chi connectivity index (χ1n) is 7.92. The van der Waals surface area contributed by atoms with Gasteiger partial charge in [0.1, 0.15) is 0 Å². The van der Waals surface area contributed by atoms with Gasteiger partial charge in [0.25, 0.3) is 0 Å². The lowest BCUT2D eigenvalue weighted by atomic mass is 10.1. The van der Waals surface area contributed by atoms with Gasteiger partial charge in [0.15, 0.2) is 0 Å². The third kappa shape index (κ3) is 3.04. The van der Waals surface area contributed by atoms with Crippen LogP contribution in [0.5, 0.6) is 0 Å². The monoisotopic (exact) mass is 278 g/mol. The molecule has 1 aromatic heterocycles. The fraction of sp³-hybridized carbons (Fsp3) is 0.867. The second-order valence-electron chi connectivity index (χ2n) is 6.38. The maximum Gasteiger partial charge on any atom is 0.0967 e. The maximum atomic E-state index is 5.41. The van der Waals surface area contributed by atoms with E-state index in [-0.39, 0.29) is 0 Å². The number of nitrogens with zero attached hydrogens (tertiary/aromatic N) is 4. The van der Waals surface area contributed by atoms with Crippen LogP contribution in [0.4, 0.5) is 0 Å². The summed E-state index contributed by atoms with van der Waals surface area (Å²) in [6.07, 6.45) is 8.77. The summed E-state index contributed by atoms with van der Waals surface area (Å²) < 4.78 is 7.52. The Kier molecular flexibility index (Phi) is 4.36. The summed E-state index contributed by atoms with van der Waals surface area (Å²) in [5.41, 5.74) is 1.11. The van der Waals surface area contributed by atoms with Gasteiger partial charge in [0.2, 0.25) is 0 Å². The van der Waals surface area contributed by atoms with E-state index in [0.717, 1.165) is 44.1 Å². The van der Waals surface area contributed by atoms with E-state index >= 15 is 0 Å². The summed E-state index contributed by atoms with van der Waals surface area (Å²) in [6, 6.07) is 0.565. The zero-order valence-electron chi connectivity index (χ0n) is 12.7. The summed E-state index contributed by atoms with van der Waals surface area (Å²) in [5.74, 6) is 0.738. The molecule has 2 heterocycles. The first-order valence-corrected chi connectivity index (χ1v) is 7.92. The highest BCUT2D eigenvalue weighted by Gasteiger charge is 2.26. The topological polar surface area (TPSA) is 43.2 Å². The average molecular weight is 278 g/mol. The summed E-state index contributed by atoms with van der Waals surface area (Å²) in [5, 5.41) is 8.73. The van der Waals surface area contributed by atoms with Crippen molar-refractivity contribution in [3.63, 3.8) is 0 Å². The Morgan fingerprint density at radius 1 is 1.25 bits per heavy atom. The molecule has 0 amide bonds. The second-order valence-corrected chi connectivity index (χ2v) is 6.38. The summed E-state index contributed by atoms with van der Waals surface area (Å²) in [4.78, 5) is 2.46. The Morgan fingerprint density at radius 3 is 2.70 bits per heavy atom. The van der Waals surface area contributed by atoms with Crippen LogP contribution >= 0.6 is 0 Å². The van der Waals surface area contributed by atoms with E-state index in [4.69, 9.17) is 4.74 Å². The Morgan fingerprint density at radius 2 is 2.05 bits per heavy atom. The molecule has 2 unspecified atom stereocenters. The fourth-order valence-electron chi connectivity index (χ4n) is 3.60. The van der Waals surface area contributed by atoms with E-state index in [1.54, 1.807) is 0 Å². The van der Waals surface area contributed by atoms with Crippen LogP contribution in [-0.2, 0) is 11.3 Å². The van der Waals surface area contributed by atoms with Crippen LogP contribution in [0.1, 0.15) is 50.8 Å². The van der Waals surface area contributed by atoms with Gasteiger partial charge in [-0.1, -0.05) is 18.6 Å². The first kappa shape index (κ1) is 14.0. The SMILES string of the molecule is COC1CCN(Cc2cn(C3CCCC3C)nn2)CC1. The van der Waals surface area contributed by atoms with Gasteiger partial charge < -0.3 is 4.74 Å². The molecule has 0 aromatic carbocycles. The van der Waals surface area contributed by atoms with E-state index in [0.29, 0.717) is 12.1 Å². The highest BCUT2D eigenvalue weighted by atomic mass is 16.5. The largest absolute Gasteiger partial charge is 0.381 e. The van der Waals surface area contributed by atoms with E-state index in [9.17, 15) is 0 Å². The first-order chi connectivity index (χ1) is 9.76. The number of ether oxygens (including phenoxy) is 1. The van der Waals surface area contributed by atoms with Crippen molar-refractivity contribution >= 4 is 0 Å². The number of aromatic nitrogens is 3. The standard InChI is InChI=1S/C15H26N4O/c1-12-4-3-5-15(12)19-11-13(16-17-19)10-18-8-6-14(20-2)7-9-18/h11-12,14-15H,3-10H2,1-2H3. The average Bonchev–Trinajstić information content (AvgIpc) is 3.08. The van der Waals surface area contributed by atoms with E-state index in [1.807, 2.05) is 7.11 Å². The molecular weight excluding hydrogens is 252 g/mol. The number of hydrogen-bond acceptors (Lipinski definition) is 4. The summed E-state index contributed by atoms with van der Waals surface area (Å²) >= 11 is 0. The minimum atomic E-state index is 0.446. The van der Waals surface area contributed by atoms with Crippen LogP contribution in [0.25, 0.3) is 0 Å². The molecule has 2 atom stereocenters. The van der Waals surface area contributed by atoms with Gasteiger partial charge in [-0.05, 0) is 31.6 Å². The highest BCUT2D eigenvalue weighted by molar-refractivity contribution is 4.95. The molecule has 5 nitrogen and oxygen atoms in total. The predicted molar refractivity (Wildman–Crippen MR) is 77.4 cm³/mol. The van der Waals surface area contributed by atoms with E-state index in [2.05, 4.69) is 33.0 Å². The summed E-state index contributed by atoms with van der Waals surface area (Å²) in [6.45, 7) is 5.46. The van der Waals surface area contributed by atoms with Gasteiger partial charge in [-0.25, -0.2) is 4.68 Å². The molecule has 1 aliphatic heterocycles. The molecule has 5 heteroatoms. The molecule has 0 N–H and O–H groups in total. The van der Waals surface area contributed by atoms with Gasteiger partial charge in [0.05, 0.1) is 24.0 Å². The molecular formula is C15H26N4O. The Balaban J connectivity index is 1.55. The van der Waals surface area contributed by atoms with Crippen LogP contribution in [0.15, 0.2) is 6.20 Å². The molecule has 1 saturated carbocycles. The highest BCUT2D eigenvalue weighted by Crippen LogP contribution is 2.34. The van der Waals surface area contributed by atoms with Crippen molar-refractivity contribution in [2.24, 2.45) is 5.92 Å². The zero-order valence-corrected chi connectivity index (χ0v) is 12.7. The molecule has 112 valence electrons. The van der Waals surface area contributed by atoms with Crippen molar-refractivity contribution in [3.8, 4) is 0 Å². The van der Waals surface area contributed by atoms with Crippen molar-refractivity contribution in [3.05, 3.63) is 11.9 Å². The number of likely N-dealkylation sites (tertiary alicyclic amines) is 1. The molecule has 20 heavy (non-hydrogen) atoms. The maximum absolute atomic E-state index is 5.41. The molecule has 2 aliphatic rings. The Labute approximate surface area is 121 Å². The molecule has 3 rings (SSSR count). The van der Waals surface area contributed by atoms with Crippen molar-refractivity contribution in [1.82, 2.24) is 19.9 Å². The van der Waals surface area contributed by atoms with Gasteiger partial charge in [-0.2, -0.15) is 0 Å². The Hall–Kier alpha value is -0.940. The van der Waals surface area contributed by atoms with Crippen molar-refractivity contribution in [2.45, 2.75) is 57.7 Å². The molecule has 1 aliphatic carbocycles. The second kappa shape index (κ2) is 6.22. The fourth-order valence-corrected chi connectivity index (χ4v) is 3.60. The minimum Gasteiger partial charge on any atom is -0.381 e. The van der Waals surface area contributed by atoms with E-state index < -0.39 is 0 Å². The van der Waals surface area contributed by atoms with Gasteiger partial charge in [-0.3, -0.25) is 4.90 Å². The number of methoxy groups -OCH3 is 1. The molecule has 0 spiro atoms. The molecule has 1 aromatic rings. The van der Waals surface area contributed by atoms with Crippen molar-refractivity contribution in [2.75, 3.05) is 20.2 Å². The van der Waals surface area contributed by atoms with Crippen LogP contribution in [0, 0.1) is 5.92 Å². The lowest BCUT2D eigenvalue weighted by Crippen LogP contribution is -2.36. The molecule has 0 radical (unpaired) electrons. The van der Waals surface area contributed by atoms with Gasteiger partial charge >= 0.3 is 0 Å². The zero-order chi connectivity index (χ0) is 13.9. The van der Waals surface area contributed by atoms with Crippen LogP contribution in [0.2, 0.25) is 0 Å². The number of rotatable bonds is 4. The molecule has 2 fully saturated rings. The number of piperidine rings is 1. The number of hydrogen-bond donors (Lipinski definition) is 0. The van der Waals surface area contributed by atoms with Gasteiger partial charge in [-0.15, -0.1) is 5.10 Å². The van der Waals surface area contributed by atoms with Crippen molar-refractivity contribution < 1.29 is 4.74 Å². The smallest absolute Gasteiger partial charge is 0.0967 e. The van der Waals surface area contributed by atoms with Crippen LogP contribution in [0.3, 0.4) is 0 Å². The third-order valence-corrected chi connectivity index (χ3v) is 4.97. The summed E-state index contributed by atoms with van der Waals surface area (Å²) in [7, 11) is 1.81. The quantitative estimate of drug-likeness (QED) is 0.847. The van der Waals surface area contributed by atoms with Crippen LogP contribution < -0.4 is 0 Å². The normalized spacial score (nSPS) is 29.1. The minimum absolute atomic E-state index is 0.446. The van der Waals surface area contributed by atoms with Crippen molar-refractivity contribution in [1.29, 1.82) is 0 Å². The van der Waals surface area contributed by atoms with Gasteiger partial charge in [0, 0.05) is 26.7 Å². The van der Waals surface area contributed by atoms with Crippen LogP contribution in [-0.4, -0.2) is 46.2 Å². The Bertz CT molecular complexity index is 425.